The highest BCUT2D eigenvalue weighted by Gasteiger charge is 2.26. The number of anilines is 1. The third-order valence-corrected chi connectivity index (χ3v) is 6.62. The summed E-state index contributed by atoms with van der Waals surface area (Å²) in [6, 6.07) is 15.0. The number of halogens is 1. The van der Waals surface area contributed by atoms with Crippen LogP contribution in [-0.4, -0.2) is 48.7 Å². The van der Waals surface area contributed by atoms with E-state index in [0.717, 1.165) is 12.0 Å². The maximum Gasteiger partial charge on any atom is 0.202 e. The molecule has 9 heteroatoms. The highest BCUT2D eigenvalue weighted by molar-refractivity contribution is 6.10. The summed E-state index contributed by atoms with van der Waals surface area (Å²) >= 11 is 0. The van der Waals surface area contributed by atoms with Crippen LogP contribution in [0.15, 0.2) is 65.6 Å². The number of carbonyl (C=O) groups is 1. The molecule has 0 amide bonds. The number of pyridine rings is 2. The molecule has 0 spiro atoms. The lowest BCUT2D eigenvalue weighted by atomic mass is 10.0. The Labute approximate surface area is 213 Å². The van der Waals surface area contributed by atoms with Gasteiger partial charge in [-0.15, -0.1) is 0 Å². The number of ketones is 1. The number of fused-ring (bicyclic) bond motifs is 1. The summed E-state index contributed by atoms with van der Waals surface area (Å²) in [6.45, 7) is 1.25. The molecule has 8 nitrogen and oxygen atoms in total. The van der Waals surface area contributed by atoms with E-state index in [2.05, 4.69) is 4.98 Å². The molecule has 190 valence electrons. The molecule has 37 heavy (non-hydrogen) atoms. The molecule has 1 aliphatic heterocycles. The van der Waals surface area contributed by atoms with E-state index < -0.39 is 17.0 Å². The second kappa shape index (κ2) is 10.0. The number of carbonyl (C=O) groups excluding carboxylic acids is 1. The van der Waals surface area contributed by atoms with E-state index in [1.165, 1.54) is 12.3 Å². The van der Waals surface area contributed by atoms with Gasteiger partial charge in [0.1, 0.15) is 17.1 Å². The minimum Gasteiger partial charge on any atom is -0.497 e. The van der Waals surface area contributed by atoms with Crippen molar-refractivity contribution in [2.75, 3.05) is 32.2 Å². The quantitative estimate of drug-likeness (QED) is 0.387. The van der Waals surface area contributed by atoms with Crippen LogP contribution in [0.1, 0.15) is 27.9 Å². The first-order valence-corrected chi connectivity index (χ1v) is 11.9. The number of ether oxygens (including phenoxy) is 2. The first kappa shape index (κ1) is 24.5. The fourth-order valence-corrected chi connectivity index (χ4v) is 4.67. The van der Waals surface area contributed by atoms with Crippen LogP contribution < -0.4 is 25.5 Å². The van der Waals surface area contributed by atoms with E-state index in [-0.39, 0.29) is 35.0 Å². The number of nitrogens with two attached hydrogens (primary N) is 1. The Hall–Kier alpha value is -4.24. The molecular weight excluding hydrogens is 475 g/mol. The van der Waals surface area contributed by atoms with Crippen LogP contribution in [0, 0.1) is 5.82 Å². The minimum absolute atomic E-state index is 0.0269. The summed E-state index contributed by atoms with van der Waals surface area (Å²) in [6.07, 6.45) is 2.22. The third kappa shape index (κ3) is 4.65. The van der Waals surface area contributed by atoms with E-state index in [4.69, 9.17) is 15.2 Å². The predicted octanol–water partition coefficient (Wildman–Crippen LogP) is 3.37. The van der Waals surface area contributed by atoms with E-state index in [1.807, 2.05) is 6.07 Å². The van der Waals surface area contributed by atoms with Gasteiger partial charge in [-0.05, 0) is 24.6 Å². The average molecular weight is 503 g/mol. The largest absolute Gasteiger partial charge is 0.497 e. The van der Waals surface area contributed by atoms with E-state index in [1.54, 1.807) is 66.2 Å². The van der Waals surface area contributed by atoms with Gasteiger partial charge in [-0.1, -0.05) is 30.3 Å². The zero-order valence-electron chi connectivity index (χ0n) is 20.6. The average Bonchev–Trinajstić information content (AvgIpc) is 3.36. The lowest BCUT2D eigenvalue weighted by molar-refractivity contribution is 0.103. The van der Waals surface area contributed by atoms with Crippen LogP contribution in [-0.2, 0) is 6.54 Å². The molecule has 2 aromatic carbocycles. The second-order valence-corrected chi connectivity index (χ2v) is 9.03. The predicted molar refractivity (Wildman–Crippen MR) is 139 cm³/mol. The molecule has 2 aromatic heterocycles. The van der Waals surface area contributed by atoms with Crippen LogP contribution in [0.5, 0.6) is 11.5 Å². The monoisotopic (exact) mass is 502 g/mol. The van der Waals surface area contributed by atoms with Crippen molar-refractivity contribution >= 4 is 22.6 Å². The van der Waals surface area contributed by atoms with Crippen LogP contribution in [0.3, 0.4) is 0 Å². The van der Waals surface area contributed by atoms with E-state index >= 15 is 4.39 Å². The summed E-state index contributed by atoms with van der Waals surface area (Å²) in [5.74, 6) is 0.250. The number of aromatic nitrogens is 2. The van der Waals surface area contributed by atoms with Crippen molar-refractivity contribution in [3.63, 3.8) is 0 Å². The summed E-state index contributed by atoms with van der Waals surface area (Å²) in [5, 5.41) is 0.0269. The zero-order chi connectivity index (χ0) is 26.1. The minimum atomic E-state index is -0.628. The van der Waals surface area contributed by atoms with Gasteiger partial charge in [0.05, 0.1) is 31.7 Å². The fraction of sp³-hybridized carbons (Fsp3) is 0.250. The van der Waals surface area contributed by atoms with Gasteiger partial charge in [0.2, 0.25) is 5.43 Å². The van der Waals surface area contributed by atoms with Gasteiger partial charge in [-0.25, -0.2) is 9.37 Å². The van der Waals surface area contributed by atoms with Crippen molar-refractivity contribution in [1.29, 1.82) is 0 Å². The molecule has 0 radical (unpaired) electrons. The maximum atomic E-state index is 15.3. The molecule has 1 saturated heterocycles. The Morgan fingerprint density at radius 1 is 1.14 bits per heavy atom. The summed E-state index contributed by atoms with van der Waals surface area (Å²) < 4.78 is 27.8. The Morgan fingerprint density at radius 3 is 2.59 bits per heavy atom. The van der Waals surface area contributed by atoms with Gasteiger partial charge in [0, 0.05) is 42.5 Å². The van der Waals surface area contributed by atoms with Crippen molar-refractivity contribution in [3.8, 4) is 11.5 Å². The van der Waals surface area contributed by atoms with E-state index in [0.29, 0.717) is 30.2 Å². The first-order valence-electron chi connectivity index (χ1n) is 11.9. The normalized spacial score (nSPS) is 15.2. The topological polar surface area (TPSA) is 99.7 Å². The van der Waals surface area contributed by atoms with Gasteiger partial charge in [0.15, 0.2) is 17.4 Å². The Morgan fingerprint density at radius 2 is 1.92 bits per heavy atom. The van der Waals surface area contributed by atoms with Crippen LogP contribution >= 0.6 is 0 Å². The summed E-state index contributed by atoms with van der Waals surface area (Å²) in [5.41, 5.74) is 6.80. The molecule has 0 aliphatic carbocycles. The van der Waals surface area contributed by atoms with Gasteiger partial charge >= 0.3 is 0 Å². The first-order chi connectivity index (χ1) is 17.9. The maximum absolute atomic E-state index is 15.3. The van der Waals surface area contributed by atoms with Gasteiger partial charge in [-0.2, -0.15) is 0 Å². The highest BCUT2D eigenvalue weighted by Crippen LogP contribution is 2.28. The van der Waals surface area contributed by atoms with Gasteiger partial charge in [0.25, 0.3) is 0 Å². The smallest absolute Gasteiger partial charge is 0.202 e. The second-order valence-electron chi connectivity index (χ2n) is 9.03. The van der Waals surface area contributed by atoms with Crippen molar-refractivity contribution in [1.82, 2.24) is 9.55 Å². The molecule has 2 N–H and O–H groups in total. The Bertz CT molecular complexity index is 1540. The van der Waals surface area contributed by atoms with Crippen LogP contribution in [0.25, 0.3) is 11.0 Å². The molecule has 1 atom stereocenters. The molecule has 1 unspecified atom stereocenters. The molecule has 0 bridgehead atoms. The standard InChI is InChI=1S/C28H27FN4O4/c1-36-20-9-8-18(24(12-20)37-2)14-33-16-22(25(34)17-6-4-3-5-7-17)26(35)21-13-23(29)28(31-27(21)33)32-11-10-19(30)15-32/h3-9,12-13,16,19H,10-11,14-15,30H2,1-2H3. The van der Waals surface area contributed by atoms with E-state index in [9.17, 15) is 9.59 Å². The molecule has 1 fully saturated rings. The van der Waals surface area contributed by atoms with Crippen molar-refractivity contribution in [3.05, 3.63) is 93.5 Å². The van der Waals surface area contributed by atoms with Crippen molar-refractivity contribution < 1.29 is 18.7 Å². The number of benzene rings is 2. The Kier molecular flexibility index (Phi) is 6.62. The number of rotatable bonds is 7. The number of nitrogens with zero attached hydrogens (tertiary/aromatic N) is 3. The summed E-state index contributed by atoms with van der Waals surface area (Å²) in [4.78, 5) is 33.2. The number of hydrogen-bond donors (Lipinski definition) is 1. The van der Waals surface area contributed by atoms with Gasteiger partial charge in [-0.3, -0.25) is 9.59 Å². The molecule has 0 saturated carbocycles. The highest BCUT2D eigenvalue weighted by atomic mass is 19.1. The molecule has 1 aliphatic rings. The lowest BCUT2D eigenvalue weighted by Gasteiger charge is -2.20. The van der Waals surface area contributed by atoms with Crippen LogP contribution in [0.2, 0.25) is 0 Å². The lowest BCUT2D eigenvalue weighted by Crippen LogP contribution is -2.28. The zero-order valence-corrected chi connectivity index (χ0v) is 20.6. The van der Waals surface area contributed by atoms with Gasteiger partial charge < -0.3 is 24.7 Å². The molecule has 3 heterocycles. The fourth-order valence-electron chi connectivity index (χ4n) is 4.67. The number of methoxy groups -OCH3 is 2. The Balaban J connectivity index is 1.71. The molecule has 4 aromatic rings. The SMILES string of the molecule is COc1ccc(Cn2cc(C(=O)c3ccccc3)c(=O)c3cc(F)c(N4CCC(N)C4)nc32)c(OC)c1. The number of hydrogen-bond acceptors (Lipinski definition) is 7. The van der Waals surface area contributed by atoms with Crippen molar-refractivity contribution in [2.24, 2.45) is 5.73 Å². The third-order valence-electron chi connectivity index (χ3n) is 6.62. The summed E-state index contributed by atoms with van der Waals surface area (Å²) in [7, 11) is 3.11. The molecular formula is C28H27FN4O4. The van der Waals surface area contributed by atoms with Crippen LogP contribution in [0.4, 0.5) is 10.2 Å². The molecule has 5 rings (SSSR count). The van der Waals surface area contributed by atoms with Crippen molar-refractivity contribution in [2.45, 2.75) is 19.0 Å².